The quantitative estimate of drug-likeness (QED) is 0.364. The molecule has 0 fully saturated rings. The molecule has 3 nitrogen and oxygen atoms in total. The summed E-state index contributed by atoms with van der Waals surface area (Å²) in [6.07, 6.45) is 11.6. The Morgan fingerprint density at radius 3 is 2.10 bits per heavy atom. The van der Waals surface area contributed by atoms with E-state index in [1.54, 1.807) is 6.92 Å². The molecule has 176 valence electrons. The number of carbonyl (C=O) groups excluding carboxylic acids is 1. The molecule has 3 atom stereocenters. The first-order valence-electron chi connectivity index (χ1n) is 12.6. The molecule has 0 aromatic heterocycles. The van der Waals surface area contributed by atoms with Crippen molar-refractivity contribution in [1.29, 1.82) is 0 Å². The molecule has 1 aromatic carbocycles. The van der Waals surface area contributed by atoms with E-state index in [4.69, 9.17) is 4.74 Å². The van der Waals surface area contributed by atoms with Crippen molar-refractivity contribution in [3.63, 3.8) is 0 Å². The molecule has 1 heterocycles. The van der Waals surface area contributed by atoms with Crippen molar-refractivity contribution >= 4 is 5.78 Å². The van der Waals surface area contributed by atoms with Crippen molar-refractivity contribution in [1.82, 2.24) is 0 Å². The zero-order valence-electron chi connectivity index (χ0n) is 21.1. The van der Waals surface area contributed by atoms with Crippen LogP contribution in [0.4, 0.5) is 0 Å². The van der Waals surface area contributed by atoms with Crippen LogP contribution in [0.1, 0.15) is 120 Å². The van der Waals surface area contributed by atoms with Gasteiger partial charge >= 0.3 is 0 Å². The van der Waals surface area contributed by atoms with Crippen LogP contribution < -0.4 is 4.74 Å². The van der Waals surface area contributed by atoms with Gasteiger partial charge < -0.3 is 9.84 Å². The Bertz CT molecular complexity index is 736. The summed E-state index contributed by atoms with van der Waals surface area (Å²) in [6.45, 7) is 15.1. The minimum Gasteiger partial charge on any atom is -0.507 e. The van der Waals surface area contributed by atoms with Gasteiger partial charge in [-0.2, -0.15) is 0 Å². The molecule has 0 amide bonds. The average Bonchev–Trinajstić information content (AvgIpc) is 2.65. The van der Waals surface area contributed by atoms with Crippen LogP contribution in [-0.2, 0) is 0 Å². The van der Waals surface area contributed by atoms with Crippen LogP contribution in [0.3, 0.4) is 0 Å². The van der Waals surface area contributed by atoms with E-state index in [-0.39, 0.29) is 11.5 Å². The topological polar surface area (TPSA) is 46.5 Å². The second-order valence-corrected chi connectivity index (χ2v) is 11.1. The first kappa shape index (κ1) is 25.7. The molecule has 0 saturated carbocycles. The van der Waals surface area contributed by atoms with Crippen LogP contribution in [0.2, 0.25) is 0 Å². The number of Topliss-reactive ketones (excluding diaryl/α,β-unsaturated/α-hetero) is 1. The number of benzene rings is 1. The minimum absolute atomic E-state index is 0.0936. The number of hydrogen-bond acceptors (Lipinski definition) is 3. The second-order valence-electron chi connectivity index (χ2n) is 11.1. The Kier molecular flexibility index (Phi) is 9.45. The molecule has 31 heavy (non-hydrogen) atoms. The fourth-order valence-corrected chi connectivity index (χ4v) is 5.03. The maximum atomic E-state index is 12.8. The number of rotatable bonds is 12. The molecule has 2 rings (SSSR count). The van der Waals surface area contributed by atoms with Crippen molar-refractivity contribution in [3.8, 4) is 11.5 Å². The Balaban J connectivity index is 1.75. The lowest BCUT2D eigenvalue weighted by atomic mass is 9.84. The molecule has 3 unspecified atom stereocenters. The fraction of sp³-hybridized carbons (Fsp3) is 0.750. The molecule has 1 aliphatic rings. The van der Waals surface area contributed by atoms with Crippen LogP contribution in [0.25, 0.3) is 0 Å². The van der Waals surface area contributed by atoms with Gasteiger partial charge in [0.05, 0.1) is 12.0 Å². The van der Waals surface area contributed by atoms with E-state index in [2.05, 4.69) is 34.6 Å². The Morgan fingerprint density at radius 2 is 1.52 bits per heavy atom. The third-order valence-corrected chi connectivity index (χ3v) is 7.14. The summed E-state index contributed by atoms with van der Waals surface area (Å²) in [5.41, 5.74) is 1.54. The normalized spacial score (nSPS) is 20.5. The number of aromatic hydroxyl groups is 1. The molecular formula is C28H46O3. The van der Waals surface area contributed by atoms with Gasteiger partial charge in [-0.05, 0) is 63.0 Å². The first-order valence-corrected chi connectivity index (χ1v) is 12.6. The maximum Gasteiger partial charge on any atom is 0.170 e. The summed E-state index contributed by atoms with van der Waals surface area (Å²) in [5, 5.41) is 10.2. The number of phenols is 1. The van der Waals surface area contributed by atoms with Crippen LogP contribution >= 0.6 is 0 Å². The van der Waals surface area contributed by atoms with Gasteiger partial charge in [-0.1, -0.05) is 72.6 Å². The van der Waals surface area contributed by atoms with Crippen molar-refractivity contribution in [2.24, 2.45) is 17.8 Å². The first-order chi connectivity index (χ1) is 14.5. The van der Waals surface area contributed by atoms with Gasteiger partial charge in [-0.3, -0.25) is 4.79 Å². The highest BCUT2D eigenvalue weighted by molar-refractivity contribution is 6.02. The van der Waals surface area contributed by atoms with E-state index in [0.29, 0.717) is 23.3 Å². The lowest BCUT2D eigenvalue weighted by Gasteiger charge is -2.36. The van der Waals surface area contributed by atoms with E-state index >= 15 is 0 Å². The van der Waals surface area contributed by atoms with Gasteiger partial charge in [0.15, 0.2) is 5.78 Å². The Morgan fingerprint density at radius 1 is 0.968 bits per heavy atom. The molecular weight excluding hydrogens is 384 g/mol. The highest BCUT2D eigenvalue weighted by Crippen LogP contribution is 2.41. The SMILES string of the molecule is Cc1cc2c(c(C)c1O)C(=O)CC(C)(CCCC(C)CCCC(C)CCCC(C)C)O2. The van der Waals surface area contributed by atoms with Gasteiger partial charge in [0.25, 0.3) is 0 Å². The van der Waals surface area contributed by atoms with Crippen LogP contribution in [-0.4, -0.2) is 16.5 Å². The molecule has 0 bridgehead atoms. The second kappa shape index (κ2) is 11.4. The monoisotopic (exact) mass is 430 g/mol. The summed E-state index contributed by atoms with van der Waals surface area (Å²) in [4.78, 5) is 12.8. The van der Waals surface area contributed by atoms with Gasteiger partial charge in [-0.15, -0.1) is 0 Å². The van der Waals surface area contributed by atoms with E-state index < -0.39 is 5.60 Å². The predicted octanol–water partition coefficient (Wildman–Crippen LogP) is 8.17. The minimum atomic E-state index is -0.440. The van der Waals surface area contributed by atoms with E-state index in [1.807, 2.05) is 13.0 Å². The summed E-state index contributed by atoms with van der Waals surface area (Å²) in [5.74, 6) is 3.34. The van der Waals surface area contributed by atoms with Crippen LogP contribution in [0.5, 0.6) is 11.5 Å². The Hall–Kier alpha value is -1.51. The van der Waals surface area contributed by atoms with Crippen molar-refractivity contribution in [3.05, 3.63) is 22.8 Å². The van der Waals surface area contributed by atoms with Crippen molar-refractivity contribution in [2.75, 3.05) is 0 Å². The predicted molar refractivity (Wildman–Crippen MR) is 130 cm³/mol. The smallest absolute Gasteiger partial charge is 0.170 e. The van der Waals surface area contributed by atoms with Crippen LogP contribution in [0, 0.1) is 31.6 Å². The molecule has 1 N–H and O–H groups in total. The zero-order valence-corrected chi connectivity index (χ0v) is 21.1. The summed E-state index contributed by atoms with van der Waals surface area (Å²) >= 11 is 0. The molecule has 1 aliphatic heterocycles. The number of hydrogen-bond donors (Lipinski definition) is 1. The largest absolute Gasteiger partial charge is 0.507 e. The highest BCUT2D eigenvalue weighted by atomic mass is 16.5. The van der Waals surface area contributed by atoms with E-state index in [0.717, 1.165) is 36.2 Å². The van der Waals surface area contributed by atoms with Crippen LogP contribution in [0.15, 0.2) is 6.07 Å². The molecule has 1 aromatic rings. The fourth-order valence-electron chi connectivity index (χ4n) is 5.03. The molecule has 0 aliphatic carbocycles. The standard InChI is InChI=1S/C28H46O3/c1-19(2)11-8-12-20(3)13-9-14-21(4)15-10-16-28(7)18-24(29)26-23(6)27(30)22(5)17-25(26)31-28/h17,19-21,30H,8-16,18H2,1-7H3. The third kappa shape index (κ3) is 7.54. The van der Waals surface area contributed by atoms with E-state index in [1.165, 1.54) is 44.9 Å². The van der Waals surface area contributed by atoms with Crippen molar-refractivity contribution in [2.45, 2.75) is 118 Å². The number of ether oxygens (including phenoxy) is 1. The maximum absolute atomic E-state index is 12.8. The summed E-state index contributed by atoms with van der Waals surface area (Å²) < 4.78 is 6.32. The molecule has 0 radical (unpaired) electrons. The molecule has 3 heteroatoms. The van der Waals surface area contributed by atoms with E-state index in [9.17, 15) is 9.90 Å². The lowest BCUT2D eigenvalue weighted by molar-refractivity contribution is 0.0444. The average molecular weight is 431 g/mol. The summed E-state index contributed by atoms with van der Waals surface area (Å²) in [7, 11) is 0. The number of aryl methyl sites for hydroxylation is 1. The summed E-state index contributed by atoms with van der Waals surface area (Å²) in [6, 6.07) is 1.82. The van der Waals surface area contributed by atoms with Gasteiger partial charge in [0.2, 0.25) is 0 Å². The van der Waals surface area contributed by atoms with Gasteiger partial charge in [-0.25, -0.2) is 0 Å². The molecule has 0 spiro atoms. The Labute approximate surface area is 191 Å². The van der Waals surface area contributed by atoms with Crippen molar-refractivity contribution < 1.29 is 14.6 Å². The molecule has 0 saturated heterocycles. The third-order valence-electron chi connectivity index (χ3n) is 7.14. The number of ketones is 1. The zero-order chi connectivity index (χ0) is 23.2. The lowest BCUT2D eigenvalue weighted by Crippen LogP contribution is -2.39. The van der Waals surface area contributed by atoms with Gasteiger partial charge in [0.1, 0.15) is 17.1 Å². The number of phenolic OH excluding ortho intramolecular Hbond substituents is 1. The number of carbonyl (C=O) groups is 1. The van der Waals surface area contributed by atoms with Gasteiger partial charge in [0, 0.05) is 5.56 Å². The number of fused-ring (bicyclic) bond motifs is 1. The highest BCUT2D eigenvalue weighted by Gasteiger charge is 2.37.